The van der Waals surface area contributed by atoms with Crippen molar-refractivity contribution in [1.82, 2.24) is 0 Å². The maximum Gasteiger partial charge on any atom is 0.306 e. The zero-order chi connectivity index (χ0) is 14.6. The van der Waals surface area contributed by atoms with Crippen LogP contribution in [0.1, 0.15) is 56.0 Å². The molecule has 1 rings (SSSR count). The van der Waals surface area contributed by atoms with Crippen molar-refractivity contribution in [2.24, 2.45) is 11.8 Å². The molecular weight excluding hydrogens is 240 g/mol. The molecule has 0 fully saturated rings. The molecular formula is C16H22O3. The lowest BCUT2D eigenvalue weighted by atomic mass is 9.87. The number of ketones is 1. The normalized spacial score (nSPS) is 15.6. The molecule has 19 heavy (non-hydrogen) atoms. The first-order valence-electron chi connectivity index (χ1n) is 6.75. The van der Waals surface area contributed by atoms with Crippen molar-refractivity contribution >= 4 is 11.8 Å². The number of hydrogen-bond donors (Lipinski definition) is 1. The minimum Gasteiger partial charge on any atom is -0.481 e. The smallest absolute Gasteiger partial charge is 0.306 e. The van der Waals surface area contributed by atoms with Gasteiger partial charge in [-0.1, -0.05) is 52.0 Å². The highest BCUT2D eigenvalue weighted by molar-refractivity contribution is 5.99. The third kappa shape index (κ3) is 3.66. The molecule has 3 heteroatoms. The Labute approximate surface area is 114 Å². The van der Waals surface area contributed by atoms with Crippen LogP contribution in [-0.2, 0) is 4.79 Å². The van der Waals surface area contributed by atoms with Crippen LogP contribution >= 0.6 is 0 Å². The molecule has 3 atom stereocenters. The number of rotatable bonds is 6. The quantitative estimate of drug-likeness (QED) is 0.794. The lowest BCUT2D eigenvalue weighted by Crippen LogP contribution is -2.25. The summed E-state index contributed by atoms with van der Waals surface area (Å²) >= 11 is 0. The van der Waals surface area contributed by atoms with Crippen LogP contribution in [0.3, 0.4) is 0 Å². The van der Waals surface area contributed by atoms with Crippen LogP contribution in [0, 0.1) is 11.8 Å². The number of hydrogen-bond acceptors (Lipinski definition) is 2. The largest absolute Gasteiger partial charge is 0.481 e. The number of aliphatic carboxylic acids is 1. The highest BCUT2D eigenvalue weighted by atomic mass is 16.4. The molecule has 1 aromatic rings. The van der Waals surface area contributed by atoms with Gasteiger partial charge in [0.15, 0.2) is 5.78 Å². The number of Topliss-reactive ketones (excluding diaryl/α,β-unsaturated/α-hetero) is 1. The van der Waals surface area contributed by atoms with E-state index >= 15 is 0 Å². The van der Waals surface area contributed by atoms with Crippen molar-refractivity contribution in [3.63, 3.8) is 0 Å². The molecule has 1 aromatic carbocycles. The highest BCUT2D eigenvalue weighted by Gasteiger charge is 2.26. The summed E-state index contributed by atoms with van der Waals surface area (Å²) in [6.07, 6.45) is 1.06. The first-order chi connectivity index (χ1) is 8.88. The van der Waals surface area contributed by atoms with Crippen molar-refractivity contribution < 1.29 is 14.7 Å². The summed E-state index contributed by atoms with van der Waals surface area (Å²) in [5.41, 5.74) is 1.80. The van der Waals surface area contributed by atoms with Crippen LogP contribution < -0.4 is 0 Å². The van der Waals surface area contributed by atoms with E-state index in [9.17, 15) is 9.59 Å². The molecule has 1 N–H and O–H groups in total. The summed E-state index contributed by atoms with van der Waals surface area (Å²) in [7, 11) is 0. The third-order valence-corrected chi connectivity index (χ3v) is 3.93. The van der Waals surface area contributed by atoms with E-state index in [0.717, 1.165) is 6.42 Å². The molecule has 0 heterocycles. The predicted octanol–water partition coefficient (Wildman–Crippen LogP) is 3.74. The van der Waals surface area contributed by atoms with Gasteiger partial charge in [-0.05, 0) is 17.9 Å². The van der Waals surface area contributed by atoms with Crippen LogP contribution in [0.15, 0.2) is 24.3 Å². The maximum absolute atomic E-state index is 12.2. The lowest BCUT2D eigenvalue weighted by Gasteiger charge is -2.15. The van der Waals surface area contributed by atoms with Gasteiger partial charge in [0.05, 0.1) is 5.92 Å². The molecule has 3 unspecified atom stereocenters. The number of carboxylic acids is 1. The summed E-state index contributed by atoms with van der Waals surface area (Å²) < 4.78 is 0. The molecule has 104 valence electrons. The van der Waals surface area contributed by atoms with Gasteiger partial charge in [-0.2, -0.15) is 0 Å². The van der Waals surface area contributed by atoms with Crippen LogP contribution in [0.25, 0.3) is 0 Å². The van der Waals surface area contributed by atoms with Crippen molar-refractivity contribution in [2.75, 3.05) is 0 Å². The van der Waals surface area contributed by atoms with Gasteiger partial charge >= 0.3 is 5.97 Å². The standard InChI is InChI=1S/C16H22O3/c1-5-10(2)13-6-8-14(9-7-13)15(17)11(3)12(4)16(18)19/h6-12H,5H2,1-4H3,(H,18,19). The van der Waals surface area contributed by atoms with Crippen molar-refractivity contribution in [2.45, 2.75) is 40.0 Å². The van der Waals surface area contributed by atoms with Crippen LogP contribution in [-0.4, -0.2) is 16.9 Å². The van der Waals surface area contributed by atoms with E-state index in [4.69, 9.17) is 5.11 Å². The van der Waals surface area contributed by atoms with Gasteiger partial charge in [-0.15, -0.1) is 0 Å². The second kappa shape index (κ2) is 6.50. The Morgan fingerprint density at radius 2 is 1.58 bits per heavy atom. The first kappa shape index (κ1) is 15.4. The molecule has 0 saturated heterocycles. The Balaban J connectivity index is 2.86. The molecule has 0 aliphatic carbocycles. The van der Waals surface area contributed by atoms with Gasteiger partial charge in [0.1, 0.15) is 0 Å². The van der Waals surface area contributed by atoms with Gasteiger partial charge in [-0.3, -0.25) is 9.59 Å². The van der Waals surface area contributed by atoms with Crippen LogP contribution in [0.4, 0.5) is 0 Å². The molecule has 0 aliphatic rings. The van der Waals surface area contributed by atoms with Gasteiger partial charge < -0.3 is 5.11 Å². The minimum atomic E-state index is -0.933. The summed E-state index contributed by atoms with van der Waals surface area (Å²) in [4.78, 5) is 23.1. The van der Waals surface area contributed by atoms with E-state index in [2.05, 4.69) is 13.8 Å². The molecule has 0 spiro atoms. The molecule has 3 nitrogen and oxygen atoms in total. The zero-order valence-electron chi connectivity index (χ0n) is 12.0. The number of benzene rings is 1. The predicted molar refractivity (Wildman–Crippen MR) is 75.4 cm³/mol. The summed E-state index contributed by atoms with van der Waals surface area (Å²) in [6, 6.07) is 7.52. The van der Waals surface area contributed by atoms with Gasteiger partial charge in [0.25, 0.3) is 0 Å². The van der Waals surface area contributed by atoms with Crippen LogP contribution in [0.2, 0.25) is 0 Å². The fourth-order valence-corrected chi connectivity index (χ4v) is 1.92. The molecule has 0 amide bonds. The average Bonchev–Trinajstić information content (AvgIpc) is 2.44. The van der Waals surface area contributed by atoms with E-state index in [1.54, 1.807) is 26.0 Å². The Bertz CT molecular complexity index is 448. The number of carboxylic acid groups (broad SMARTS) is 1. The molecule has 0 radical (unpaired) electrons. The fourth-order valence-electron chi connectivity index (χ4n) is 1.92. The van der Waals surface area contributed by atoms with E-state index in [-0.39, 0.29) is 5.78 Å². The van der Waals surface area contributed by atoms with E-state index in [1.165, 1.54) is 5.56 Å². The lowest BCUT2D eigenvalue weighted by molar-refractivity contribution is -0.142. The fraction of sp³-hybridized carbons (Fsp3) is 0.500. The molecule has 0 aromatic heterocycles. The first-order valence-corrected chi connectivity index (χ1v) is 6.75. The zero-order valence-corrected chi connectivity index (χ0v) is 12.0. The summed E-state index contributed by atoms with van der Waals surface area (Å²) in [5.74, 6) is -1.74. The minimum absolute atomic E-state index is 0.106. The Morgan fingerprint density at radius 1 is 1.05 bits per heavy atom. The molecule has 0 saturated carbocycles. The number of carbonyl (C=O) groups is 2. The van der Waals surface area contributed by atoms with Crippen molar-refractivity contribution in [3.05, 3.63) is 35.4 Å². The average molecular weight is 262 g/mol. The van der Waals surface area contributed by atoms with E-state index < -0.39 is 17.8 Å². The second-order valence-electron chi connectivity index (χ2n) is 5.21. The number of carbonyl (C=O) groups excluding carboxylic acids is 1. The highest BCUT2D eigenvalue weighted by Crippen LogP contribution is 2.22. The second-order valence-corrected chi connectivity index (χ2v) is 5.21. The van der Waals surface area contributed by atoms with E-state index in [0.29, 0.717) is 11.5 Å². The van der Waals surface area contributed by atoms with Crippen molar-refractivity contribution in [1.29, 1.82) is 0 Å². The Kier molecular flexibility index (Phi) is 5.28. The van der Waals surface area contributed by atoms with Gasteiger partial charge in [0.2, 0.25) is 0 Å². The SMILES string of the molecule is CCC(C)c1ccc(C(=O)C(C)C(C)C(=O)O)cc1. The molecule has 0 bridgehead atoms. The monoisotopic (exact) mass is 262 g/mol. The summed E-state index contributed by atoms with van der Waals surface area (Å²) in [5, 5.41) is 8.94. The van der Waals surface area contributed by atoms with Crippen molar-refractivity contribution in [3.8, 4) is 0 Å². The summed E-state index contributed by atoms with van der Waals surface area (Å²) in [6.45, 7) is 7.51. The van der Waals surface area contributed by atoms with Gasteiger partial charge in [0, 0.05) is 11.5 Å². The van der Waals surface area contributed by atoms with Crippen LogP contribution in [0.5, 0.6) is 0 Å². The molecule has 0 aliphatic heterocycles. The third-order valence-electron chi connectivity index (χ3n) is 3.93. The maximum atomic E-state index is 12.2. The van der Waals surface area contributed by atoms with E-state index in [1.807, 2.05) is 12.1 Å². The Morgan fingerprint density at radius 3 is 2.00 bits per heavy atom. The van der Waals surface area contributed by atoms with Gasteiger partial charge in [-0.25, -0.2) is 0 Å². The Hall–Kier alpha value is -1.64. The topological polar surface area (TPSA) is 54.4 Å².